The van der Waals surface area contributed by atoms with Crippen molar-refractivity contribution in [3.8, 4) is 6.07 Å². The molecule has 0 spiro atoms. The molecule has 124 valence electrons. The van der Waals surface area contributed by atoms with Crippen molar-refractivity contribution >= 4 is 5.95 Å². The van der Waals surface area contributed by atoms with Crippen LogP contribution < -0.4 is 5.32 Å². The van der Waals surface area contributed by atoms with E-state index < -0.39 is 0 Å². The normalized spacial score (nSPS) is 14.3. The van der Waals surface area contributed by atoms with Gasteiger partial charge in [-0.25, -0.2) is 9.97 Å². The lowest BCUT2D eigenvalue weighted by Gasteiger charge is -2.29. The largest absolute Gasteiger partial charge is 0.352 e. The highest BCUT2D eigenvalue weighted by Crippen LogP contribution is 2.23. The Kier molecular flexibility index (Phi) is 4.77. The van der Waals surface area contributed by atoms with Gasteiger partial charge in [0.2, 0.25) is 5.95 Å². The molecule has 1 aromatic carbocycles. The van der Waals surface area contributed by atoms with Crippen LogP contribution in [-0.2, 0) is 19.5 Å². The third kappa shape index (κ3) is 3.72. The molecule has 0 bridgehead atoms. The van der Waals surface area contributed by atoms with E-state index in [1.807, 2.05) is 18.2 Å². The molecule has 0 radical (unpaired) electrons. The van der Waals surface area contributed by atoms with Gasteiger partial charge in [-0.3, -0.25) is 4.90 Å². The zero-order valence-corrected chi connectivity index (χ0v) is 14.5. The minimum absolute atomic E-state index is 0.329. The zero-order chi connectivity index (χ0) is 17.1. The molecule has 24 heavy (non-hydrogen) atoms. The first kappa shape index (κ1) is 16.4. The van der Waals surface area contributed by atoms with E-state index in [-0.39, 0.29) is 0 Å². The number of hydrogen-bond donors (Lipinski definition) is 1. The molecule has 1 aliphatic rings. The van der Waals surface area contributed by atoms with Gasteiger partial charge in [-0.05, 0) is 38.5 Å². The van der Waals surface area contributed by atoms with Crippen molar-refractivity contribution < 1.29 is 0 Å². The quantitative estimate of drug-likeness (QED) is 0.937. The zero-order valence-electron chi connectivity index (χ0n) is 14.5. The third-order valence-corrected chi connectivity index (χ3v) is 4.23. The summed E-state index contributed by atoms with van der Waals surface area (Å²) >= 11 is 0. The lowest BCUT2D eigenvalue weighted by atomic mass is 10.0. The van der Waals surface area contributed by atoms with Crippen molar-refractivity contribution in [2.24, 2.45) is 0 Å². The van der Waals surface area contributed by atoms with Crippen LogP contribution in [0.4, 0.5) is 5.95 Å². The van der Waals surface area contributed by atoms with Crippen molar-refractivity contribution in [2.45, 2.75) is 46.3 Å². The first-order chi connectivity index (χ1) is 11.5. The number of aromatic nitrogens is 2. The van der Waals surface area contributed by atoms with Crippen molar-refractivity contribution in [2.75, 3.05) is 11.9 Å². The predicted octanol–water partition coefficient (Wildman–Crippen LogP) is 3.04. The van der Waals surface area contributed by atoms with Crippen LogP contribution in [0.15, 0.2) is 24.3 Å². The molecule has 0 fully saturated rings. The lowest BCUT2D eigenvalue weighted by molar-refractivity contribution is 0.242. The van der Waals surface area contributed by atoms with Gasteiger partial charge < -0.3 is 5.32 Å². The van der Waals surface area contributed by atoms with Crippen LogP contribution in [0.25, 0.3) is 0 Å². The maximum atomic E-state index is 9.04. The van der Waals surface area contributed by atoms with Gasteiger partial charge in [0.1, 0.15) is 0 Å². The van der Waals surface area contributed by atoms with Crippen molar-refractivity contribution in [1.29, 1.82) is 5.26 Å². The summed E-state index contributed by atoms with van der Waals surface area (Å²) in [7, 11) is 0. The Morgan fingerprint density at radius 2 is 2.17 bits per heavy atom. The number of aryl methyl sites for hydroxylation is 1. The van der Waals surface area contributed by atoms with Crippen LogP contribution in [0.3, 0.4) is 0 Å². The topological polar surface area (TPSA) is 64.8 Å². The molecule has 0 unspecified atom stereocenters. The van der Waals surface area contributed by atoms with E-state index in [4.69, 9.17) is 10.2 Å². The number of benzene rings is 1. The molecule has 5 nitrogen and oxygen atoms in total. The van der Waals surface area contributed by atoms with E-state index >= 15 is 0 Å². The first-order valence-corrected chi connectivity index (χ1v) is 8.39. The Morgan fingerprint density at radius 3 is 2.92 bits per heavy atom. The van der Waals surface area contributed by atoms with Crippen LogP contribution in [0.2, 0.25) is 0 Å². The third-order valence-electron chi connectivity index (χ3n) is 4.23. The molecular weight excluding hydrogens is 298 g/mol. The summed E-state index contributed by atoms with van der Waals surface area (Å²) in [5, 5.41) is 12.3. The van der Waals surface area contributed by atoms with Gasteiger partial charge in [-0.1, -0.05) is 12.1 Å². The summed E-state index contributed by atoms with van der Waals surface area (Å²) in [6.45, 7) is 8.93. The molecule has 2 heterocycles. The lowest BCUT2D eigenvalue weighted by Crippen LogP contribution is -2.32. The summed E-state index contributed by atoms with van der Waals surface area (Å²) < 4.78 is 0. The fourth-order valence-electron chi connectivity index (χ4n) is 3.09. The van der Waals surface area contributed by atoms with Crippen LogP contribution >= 0.6 is 0 Å². The van der Waals surface area contributed by atoms with E-state index in [1.165, 1.54) is 11.1 Å². The Hall–Kier alpha value is -2.45. The second-order valence-electron chi connectivity index (χ2n) is 6.63. The molecule has 2 aromatic rings. The van der Waals surface area contributed by atoms with Crippen LogP contribution in [0.1, 0.15) is 41.9 Å². The van der Waals surface area contributed by atoms with Crippen molar-refractivity contribution in [3.63, 3.8) is 0 Å². The van der Waals surface area contributed by atoms with Crippen LogP contribution in [-0.4, -0.2) is 27.5 Å². The van der Waals surface area contributed by atoms with Gasteiger partial charge in [-0.15, -0.1) is 0 Å². The Balaban J connectivity index is 1.75. The van der Waals surface area contributed by atoms with Crippen LogP contribution in [0.5, 0.6) is 0 Å². The van der Waals surface area contributed by atoms with E-state index in [9.17, 15) is 0 Å². The monoisotopic (exact) mass is 321 g/mol. The average Bonchev–Trinajstić information content (AvgIpc) is 2.55. The Morgan fingerprint density at radius 1 is 1.33 bits per heavy atom. The average molecular weight is 321 g/mol. The number of nitrogens with zero attached hydrogens (tertiary/aromatic N) is 4. The highest BCUT2D eigenvalue weighted by Gasteiger charge is 2.21. The second-order valence-corrected chi connectivity index (χ2v) is 6.63. The summed E-state index contributed by atoms with van der Waals surface area (Å²) in [6, 6.07) is 10.4. The molecule has 0 aliphatic carbocycles. The molecule has 1 aromatic heterocycles. The number of nitrogens with one attached hydrogen (secondary N) is 1. The van der Waals surface area contributed by atoms with Gasteiger partial charge in [0.05, 0.1) is 17.3 Å². The fourth-order valence-corrected chi connectivity index (χ4v) is 3.09. The Bertz CT molecular complexity index is 776. The number of anilines is 1. The van der Waals surface area contributed by atoms with E-state index in [2.05, 4.69) is 48.1 Å². The maximum absolute atomic E-state index is 9.04. The highest BCUT2D eigenvalue weighted by atomic mass is 15.2. The second kappa shape index (κ2) is 6.98. The standard InChI is InChI=1S/C19H23N5/c1-13(2)21-19-22-14(3)17-12-24(8-7-18(17)23-19)11-16-6-4-5-15(9-16)10-20/h4-6,9,13H,7-8,11-12H2,1-3H3,(H,21,22,23). The number of hydrogen-bond acceptors (Lipinski definition) is 5. The van der Waals surface area contributed by atoms with Gasteiger partial charge >= 0.3 is 0 Å². The van der Waals surface area contributed by atoms with Gasteiger partial charge in [0.25, 0.3) is 0 Å². The van der Waals surface area contributed by atoms with Gasteiger partial charge in [0, 0.05) is 43.4 Å². The number of nitriles is 1. The predicted molar refractivity (Wildman–Crippen MR) is 94.5 cm³/mol. The highest BCUT2D eigenvalue weighted by molar-refractivity contribution is 5.37. The fraction of sp³-hybridized carbons (Fsp3) is 0.421. The van der Waals surface area contributed by atoms with Crippen LogP contribution in [0, 0.1) is 18.3 Å². The molecule has 0 saturated carbocycles. The van der Waals surface area contributed by atoms with E-state index in [0.717, 1.165) is 43.4 Å². The smallest absolute Gasteiger partial charge is 0.223 e. The summed E-state index contributed by atoms with van der Waals surface area (Å²) in [5.41, 5.74) is 5.35. The molecule has 0 saturated heterocycles. The summed E-state index contributed by atoms with van der Waals surface area (Å²) in [6.07, 6.45) is 0.934. The Labute approximate surface area is 143 Å². The van der Waals surface area contributed by atoms with Crippen molar-refractivity contribution in [1.82, 2.24) is 14.9 Å². The minimum Gasteiger partial charge on any atom is -0.352 e. The number of rotatable bonds is 4. The summed E-state index contributed by atoms with van der Waals surface area (Å²) in [5.74, 6) is 0.733. The SMILES string of the molecule is Cc1nc(NC(C)C)nc2c1CN(Cc1cccc(C#N)c1)CC2. The molecular formula is C19H23N5. The molecule has 1 aliphatic heterocycles. The minimum atomic E-state index is 0.329. The molecule has 3 rings (SSSR count). The molecule has 5 heteroatoms. The summed E-state index contributed by atoms with van der Waals surface area (Å²) in [4.78, 5) is 11.7. The first-order valence-electron chi connectivity index (χ1n) is 8.39. The number of fused-ring (bicyclic) bond motifs is 1. The van der Waals surface area contributed by atoms with E-state index in [0.29, 0.717) is 11.6 Å². The maximum Gasteiger partial charge on any atom is 0.223 e. The molecule has 1 N–H and O–H groups in total. The molecule has 0 atom stereocenters. The van der Waals surface area contributed by atoms with Gasteiger partial charge in [-0.2, -0.15) is 5.26 Å². The van der Waals surface area contributed by atoms with Crippen molar-refractivity contribution in [3.05, 3.63) is 52.3 Å². The van der Waals surface area contributed by atoms with E-state index in [1.54, 1.807) is 0 Å². The van der Waals surface area contributed by atoms with Gasteiger partial charge in [0.15, 0.2) is 0 Å². The molecule has 0 amide bonds.